The summed E-state index contributed by atoms with van der Waals surface area (Å²) in [6, 6.07) is 21.2. The topological polar surface area (TPSA) is 120 Å². The summed E-state index contributed by atoms with van der Waals surface area (Å²) in [5, 5.41) is 23.2. The standard InChI is InChI=1S/C26H18Cl2N2O6S/c27-21-9-7-19(25(13-21)17-3-1-5-23(11-17)29(31)32)15-37(35,36)16-20-8-10-22(28)14-26(20)18-4-2-6-24(12-18)30(33)34/h1-14H,15-16H2. The number of nitro groups is 2. The molecule has 0 saturated heterocycles. The number of nitro benzene ring substituents is 2. The van der Waals surface area contributed by atoms with Crippen molar-refractivity contribution in [3.8, 4) is 22.3 Å². The quantitative estimate of drug-likeness (QED) is 0.166. The van der Waals surface area contributed by atoms with Crippen molar-refractivity contribution in [3.63, 3.8) is 0 Å². The fraction of sp³-hybridized carbons (Fsp3) is 0.0769. The first-order chi connectivity index (χ1) is 17.5. The van der Waals surface area contributed by atoms with E-state index < -0.39 is 19.7 Å². The predicted molar refractivity (Wildman–Crippen MR) is 143 cm³/mol. The maximum atomic E-state index is 13.4. The normalized spacial score (nSPS) is 11.3. The van der Waals surface area contributed by atoms with Crippen LogP contribution in [0.2, 0.25) is 10.0 Å². The lowest BCUT2D eigenvalue weighted by atomic mass is 10.00. The number of sulfone groups is 1. The molecule has 11 heteroatoms. The van der Waals surface area contributed by atoms with Crippen LogP contribution in [0.4, 0.5) is 11.4 Å². The number of rotatable bonds is 8. The molecule has 0 aromatic heterocycles. The van der Waals surface area contributed by atoms with E-state index in [2.05, 4.69) is 0 Å². The van der Waals surface area contributed by atoms with E-state index in [1.165, 1.54) is 36.4 Å². The Kier molecular flexibility index (Phi) is 7.58. The summed E-state index contributed by atoms with van der Waals surface area (Å²) < 4.78 is 26.7. The van der Waals surface area contributed by atoms with Crippen LogP contribution in [-0.4, -0.2) is 18.3 Å². The number of non-ortho nitro benzene ring substituents is 2. The van der Waals surface area contributed by atoms with Crippen LogP contribution in [0.15, 0.2) is 84.9 Å². The molecule has 0 aliphatic heterocycles. The zero-order valence-electron chi connectivity index (χ0n) is 19.0. The Morgan fingerprint density at radius 1 is 0.622 bits per heavy atom. The van der Waals surface area contributed by atoms with E-state index in [1.807, 2.05) is 0 Å². The summed E-state index contributed by atoms with van der Waals surface area (Å²) in [4.78, 5) is 21.4. The van der Waals surface area contributed by atoms with Gasteiger partial charge >= 0.3 is 0 Å². The van der Waals surface area contributed by atoms with Gasteiger partial charge in [-0.3, -0.25) is 20.2 Å². The third-order valence-corrected chi connectivity index (χ3v) is 7.60. The van der Waals surface area contributed by atoms with Crippen molar-refractivity contribution in [2.24, 2.45) is 0 Å². The molecule has 37 heavy (non-hydrogen) atoms. The van der Waals surface area contributed by atoms with Gasteiger partial charge < -0.3 is 0 Å². The smallest absolute Gasteiger partial charge is 0.258 e. The number of hydrogen-bond acceptors (Lipinski definition) is 6. The van der Waals surface area contributed by atoms with Gasteiger partial charge in [-0.1, -0.05) is 59.6 Å². The van der Waals surface area contributed by atoms with Crippen molar-refractivity contribution in [1.82, 2.24) is 0 Å². The molecule has 0 unspecified atom stereocenters. The van der Waals surface area contributed by atoms with E-state index in [9.17, 15) is 28.6 Å². The second kappa shape index (κ2) is 10.7. The molecule has 0 atom stereocenters. The van der Waals surface area contributed by atoms with Gasteiger partial charge in [0.2, 0.25) is 0 Å². The molecule has 4 aromatic rings. The van der Waals surface area contributed by atoms with Gasteiger partial charge in [0.05, 0.1) is 21.4 Å². The molecule has 188 valence electrons. The number of halogens is 2. The summed E-state index contributed by atoms with van der Waals surface area (Å²) in [5.41, 5.74) is 2.45. The van der Waals surface area contributed by atoms with Crippen LogP contribution in [0.1, 0.15) is 11.1 Å². The summed E-state index contributed by atoms with van der Waals surface area (Å²) in [5.74, 6) is -0.724. The fourth-order valence-electron chi connectivity index (χ4n) is 3.99. The number of nitrogens with zero attached hydrogens (tertiary/aromatic N) is 2. The third-order valence-electron chi connectivity index (χ3n) is 5.63. The molecular weight excluding hydrogens is 539 g/mol. The van der Waals surface area contributed by atoms with Gasteiger partial charge in [-0.15, -0.1) is 0 Å². The molecule has 8 nitrogen and oxygen atoms in total. The van der Waals surface area contributed by atoms with Crippen LogP contribution >= 0.6 is 23.2 Å². The Labute approximate surface area is 222 Å². The lowest BCUT2D eigenvalue weighted by Crippen LogP contribution is -2.09. The van der Waals surface area contributed by atoms with E-state index in [0.717, 1.165) is 0 Å². The average Bonchev–Trinajstić information content (AvgIpc) is 2.86. The first-order valence-electron chi connectivity index (χ1n) is 10.8. The zero-order chi connectivity index (χ0) is 26.7. The summed E-state index contributed by atoms with van der Waals surface area (Å²) in [7, 11) is -3.78. The minimum atomic E-state index is -3.78. The highest BCUT2D eigenvalue weighted by atomic mass is 35.5. The van der Waals surface area contributed by atoms with E-state index in [-0.39, 0.29) is 22.9 Å². The lowest BCUT2D eigenvalue weighted by Gasteiger charge is -2.14. The SMILES string of the molecule is O=[N+]([O-])c1cccc(-c2cc(Cl)ccc2CS(=O)(=O)Cc2ccc(Cl)cc2-c2cccc([N+](=O)[O-])c2)c1. The fourth-order valence-corrected chi connectivity index (χ4v) is 5.88. The van der Waals surface area contributed by atoms with Crippen LogP contribution in [0.25, 0.3) is 22.3 Å². The van der Waals surface area contributed by atoms with Crippen molar-refractivity contribution >= 4 is 44.4 Å². The summed E-state index contributed by atoms with van der Waals surface area (Å²) >= 11 is 12.3. The Morgan fingerprint density at radius 3 is 1.41 bits per heavy atom. The monoisotopic (exact) mass is 556 g/mol. The highest BCUT2D eigenvalue weighted by molar-refractivity contribution is 7.89. The lowest BCUT2D eigenvalue weighted by molar-refractivity contribution is -0.385. The highest BCUT2D eigenvalue weighted by Crippen LogP contribution is 2.34. The van der Waals surface area contributed by atoms with Crippen molar-refractivity contribution in [2.45, 2.75) is 11.5 Å². The average molecular weight is 557 g/mol. The second-order valence-corrected chi connectivity index (χ2v) is 11.2. The van der Waals surface area contributed by atoms with Crippen molar-refractivity contribution in [2.75, 3.05) is 0 Å². The molecule has 0 heterocycles. The number of benzene rings is 4. The molecule has 0 amide bonds. The predicted octanol–water partition coefficient (Wildman–Crippen LogP) is 7.26. The van der Waals surface area contributed by atoms with Gasteiger partial charge in [-0.05, 0) is 57.6 Å². The van der Waals surface area contributed by atoms with Gasteiger partial charge in [-0.25, -0.2) is 8.42 Å². The van der Waals surface area contributed by atoms with Gasteiger partial charge in [0.25, 0.3) is 11.4 Å². The molecule has 0 fully saturated rings. The van der Waals surface area contributed by atoms with Crippen LogP contribution in [0, 0.1) is 20.2 Å². The van der Waals surface area contributed by atoms with Gasteiger partial charge in [-0.2, -0.15) is 0 Å². The third kappa shape index (κ3) is 6.32. The maximum Gasteiger partial charge on any atom is 0.270 e. The molecular formula is C26H18Cl2N2O6S. The Morgan fingerprint density at radius 2 is 1.03 bits per heavy atom. The highest BCUT2D eigenvalue weighted by Gasteiger charge is 2.21. The zero-order valence-corrected chi connectivity index (χ0v) is 21.3. The molecule has 0 saturated carbocycles. The molecule has 4 aromatic carbocycles. The van der Waals surface area contributed by atoms with E-state index in [1.54, 1.807) is 48.5 Å². The Bertz CT molecular complexity index is 1530. The van der Waals surface area contributed by atoms with Gasteiger partial charge in [0.1, 0.15) is 0 Å². The van der Waals surface area contributed by atoms with Crippen LogP contribution in [0.3, 0.4) is 0 Å². The molecule has 0 spiro atoms. The molecule has 0 aliphatic rings. The molecule has 0 bridgehead atoms. The molecule has 0 aliphatic carbocycles. The summed E-state index contributed by atoms with van der Waals surface area (Å²) in [6.45, 7) is 0. The van der Waals surface area contributed by atoms with Crippen LogP contribution < -0.4 is 0 Å². The van der Waals surface area contributed by atoms with Crippen LogP contribution in [0.5, 0.6) is 0 Å². The minimum Gasteiger partial charge on any atom is -0.258 e. The van der Waals surface area contributed by atoms with Crippen LogP contribution in [-0.2, 0) is 21.3 Å². The van der Waals surface area contributed by atoms with Crippen molar-refractivity contribution < 1.29 is 18.3 Å². The first-order valence-corrected chi connectivity index (χ1v) is 13.4. The van der Waals surface area contributed by atoms with Gasteiger partial charge in [0, 0.05) is 34.3 Å². The van der Waals surface area contributed by atoms with E-state index in [4.69, 9.17) is 23.2 Å². The van der Waals surface area contributed by atoms with E-state index in [0.29, 0.717) is 43.4 Å². The molecule has 0 radical (unpaired) electrons. The van der Waals surface area contributed by atoms with Crippen molar-refractivity contribution in [1.29, 1.82) is 0 Å². The van der Waals surface area contributed by atoms with Crippen molar-refractivity contribution in [3.05, 3.63) is 126 Å². The summed E-state index contributed by atoms with van der Waals surface area (Å²) in [6.07, 6.45) is 0. The first kappa shape index (κ1) is 26.3. The van der Waals surface area contributed by atoms with Gasteiger partial charge in [0.15, 0.2) is 9.84 Å². The largest absolute Gasteiger partial charge is 0.270 e. The second-order valence-electron chi connectivity index (χ2n) is 8.25. The Balaban J connectivity index is 1.71. The maximum absolute atomic E-state index is 13.4. The van der Waals surface area contributed by atoms with E-state index >= 15 is 0 Å². The molecule has 4 rings (SSSR count). The Hall–Kier alpha value is -3.79. The minimum absolute atomic E-state index is 0.131. The number of hydrogen-bond donors (Lipinski definition) is 0. The molecule has 0 N–H and O–H groups in total.